The van der Waals surface area contributed by atoms with Crippen molar-refractivity contribution in [2.45, 2.75) is 68.3 Å². The van der Waals surface area contributed by atoms with Gasteiger partial charge in [-0.3, -0.25) is 4.79 Å². The fourth-order valence-electron chi connectivity index (χ4n) is 7.22. The number of hydrogen-bond acceptors (Lipinski definition) is 5. The average Bonchev–Trinajstić information content (AvgIpc) is 3.38. The molecule has 2 heterocycles. The average molecular weight is 386 g/mol. The number of aromatic hydroxyl groups is 1. The van der Waals surface area contributed by atoms with Gasteiger partial charge in [0.1, 0.15) is 23.1 Å². The number of aliphatic hydroxyl groups is 2. The molecule has 3 fully saturated rings. The normalized spacial score (nSPS) is 42.9. The number of Topliss-reactive ketones (excluding diaryl/α,β-unsaturated/α-hetero) is 1. The minimum atomic E-state index is -0.991. The van der Waals surface area contributed by atoms with Crippen LogP contribution in [0.15, 0.2) is 6.07 Å². The number of piperidine rings is 1. The highest BCUT2D eigenvalue weighted by atomic mass is 16.5. The van der Waals surface area contributed by atoms with Crippen LogP contribution in [0.2, 0.25) is 0 Å². The summed E-state index contributed by atoms with van der Waals surface area (Å²) in [7, 11) is 2.27. The standard InChI is InChI=1S/C22H27NO5/c1-23(10-12-2-3-12)7-6-21-18-13-8-16(26)14(11-24)19(18)28-20(21)15(25)4-5-22(21,27)17(23)9-13/h8,12,17,20,24,27H,2-7,9-11H2,1H3/p+1/t17-,20+,21+,22-,23-/m1/s1. The molecule has 3 aliphatic carbocycles. The Kier molecular flexibility index (Phi) is 3.14. The van der Waals surface area contributed by atoms with Crippen LogP contribution in [0.4, 0.5) is 0 Å². The van der Waals surface area contributed by atoms with E-state index >= 15 is 0 Å². The van der Waals surface area contributed by atoms with Gasteiger partial charge in [0.2, 0.25) is 0 Å². The summed E-state index contributed by atoms with van der Waals surface area (Å²) in [6.07, 6.45) is 4.02. The fraction of sp³-hybridized carbons (Fsp3) is 0.682. The highest BCUT2D eigenvalue weighted by molar-refractivity contribution is 5.90. The highest BCUT2D eigenvalue weighted by Crippen LogP contribution is 2.65. The predicted molar refractivity (Wildman–Crippen MR) is 100 cm³/mol. The molecule has 6 nitrogen and oxygen atoms in total. The quantitative estimate of drug-likeness (QED) is 0.679. The minimum Gasteiger partial charge on any atom is -0.507 e. The Morgan fingerprint density at radius 3 is 2.82 bits per heavy atom. The van der Waals surface area contributed by atoms with Gasteiger partial charge < -0.3 is 24.5 Å². The molecule has 150 valence electrons. The summed E-state index contributed by atoms with van der Waals surface area (Å²) in [6, 6.07) is 1.75. The van der Waals surface area contributed by atoms with Crippen LogP contribution in [0.25, 0.3) is 0 Å². The third-order valence-electron chi connectivity index (χ3n) is 8.65. The monoisotopic (exact) mass is 386 g/mol. The SMILES string of the molecule is C[N@+]1(CC2CC2)CC[C@]23c4c5cc(O)c(CO)c4O[C@H]2C(=O)CC[C@@]3(O)[C@H]1C5. The maximum Gasteiger partial charge on any atom is 0.174 e. The number of likely N-dealkylation sites (tertiary alicyclic amines) is 1. The Hall–Kier alpha value is -1.63. The Morgan fingerprint density at radius 1 is 1.32 bits per heavy atom. The van der Waals surface area contributed by atoms with Gasteiger partial charge in [0.25, 0.3) is 0 Å². The van der Waals surface area contributed by atoms with Crippen LogP contribution in [0.3, 0.4) is 0 Å². The van der Waals surface area contributed by atoms with Gasteiger partial charge in [-0.1, -0.05) is 0 Å². The summed E-state index contributed by atoms with van der Waals surface area (Å²) in [6.45, 7) is 1.65. The Morgan fingerprint density at radius 2 is 2.11 bits per heavy atom. The molecule has 1 saturated heterocycles. The van der Waals surface area contributed by atoms with Crippen LogP contribution in [-0.4, -0.2) is 63.5 Å². The van der Waals surface area contributed by atoms with Crippen LogP contribution in [-0.2, 0) is 23.2 Å². The molecule has 2 saturated carbocycles. The first kappa shape index (κ1) is 17.2. The number of aliphatic hydroxyl groups excluding tert-OH is 1. The van der Waals surface area contributed by atoms with Crippen molar-refractivity contribution in [2.24, 2.45) is 5.92 Å². The van der Waals surface area contributed by atoms with Crippen LogP contribution >= 0.6 is 0 Å². The van der Waals surface area contributed by atoms with Gasteiger partial charge in [-0.05, 0) is 30.9 Å². The van der Waals surface area contributed by atoms with Crippen LogP contribution in [0.1, 0.15) is 48.8 Å². The first-order chi connectivity index (χ1) is 13.3. The van der Waals surface area contributed by atoms with Gasteiger partial charge in [-0.15, -0.1) is 0 Å². The van der Waals surface area contributed by atoms with E-state index in [0.717, 1.165) is 34.6 Å². The number of benzene rings is 1. The maximum absolute atomic E-state index is 12.9. The summed E-state index contributed by atoms with van der Waals surface area (Å²) in [5, 5.41) is 32.6. The minimum absolute atomic E-state index is 0.00104. The van der Waals surface area contributed by atoms with E-state index in [1.807, 2.05) is 0 Å². The number of carbonyl (C=O) groups excluding carboxylic acids is 1. The number of rotatable bonds is 3. The van der Waals surface area contributed by atoms with E-state index in [2.05, 4.69) is 7.05 Å². The number of ketones is 1. The molecular weight excluding hydrogens is 358 g/mol. The highest BCUT2D eigenvalue weighted by Gasteiger charge is 2.76. The summed E-state index contributed by atoms with van der Waals surface area (Å²) in [4.78, 5) is 12.9. The largest absolute Gasteiger partial charge is 0.507 e. The van der Waals surface area contributed by atoms with Gasteiger partial charge in [-0.2, -0.15) is 0 Å². The summed E-state index contributed by atoms with van der Waals surface area (Å²) in [5.41, 5.74) is 0.488. The second-order valence-electron chi connectivity index (χ2n) is 10.1. The molecule has 2 aliphatic heterocycles. The lowest BCUT2D eigenvalue weighted by Gasteiger charge is -2.64. The Bertz CT molecular complexity index is 911. The van der Waals surface area contributed by atoms with Gasteiger partial charge in [0.15, 0.2) is 11.9 Å². The molecule has 6 heteroatoms. The zero-order valence-corrected chi connectivity index (χ0v) is 16.3. The van der Waals surface area contributed by atoms with Crippen LogP contribution in [0, 0.1) is 5.92 Å². The summed E-state index contributed by atoms with van der Waals surface area (Å²) >= 11 is 0. The molecule has 1 spiro atoms. The van der Waals surface area contributed by atoms with Crippen molar-refractivity contribution in [3.05, 3.63) is 22.8 Å². The van der Waals surface area contributed by atoms with Crippen LogP contribution in [0.5, 0.6) is 11.5 Å². The molecule has 5 atom stereocenters. The van der Waals surface area contributed by atoms with Crippen molar-refractivity contribution < 1.29 is 29.3 Å². The van der Waals surface area contributed by atoms with E-state index in [9.17, 15) is 20.1 Å². The lowest BCUT2D eigenvalue weighted by molar-refractivity contribution is -0.950. The molecule has 2 bridgehead atoms. The molecule has 28 heavy (non-hydrogen) atoms. The summed E-state index contributed by atoms with van der Waals surface area (Å²) in [5.74, 6) is 1.26. The predicted octanol–water partition coefficient (Wildman–Crippen LogP) is 1.16. The van der Waals surface area contributed by atoms with Crippen LogP contribution < -0.4 is 4.74 Å². The number of ether oxygens (including phenoxy) is 1. The first-order valence-electron chi connectivity index (χ1n) is 10.6. The number of nitrogens with zero attached hydrogens (tertiary/aromatic N) is 1. The first-order valence-corrected chi connectivity index (χ1v) is 10.6. The molecule has 0 amide bonds. The zero-order chi connectivity index (χ0) is 19.5. The van der Waals surface area contributed by atoms with E-state index in [-0.39, 0.29) is 24.2 Å². The van der Waals surface area contributed by atoms with Crippen molar-refractivity contribution in [1.29, 1.82) is 0 Å². The topological polar surface area (TPSA) is 87.0 Å². The molecule has 1 aromatic rings. The second kappa shape index (κ2) is 5.10. The van der Waals surface area contributed by atoms with Gasteiger partial charge in [-0.25, -0.2) is 0 Å². The number of quaternary nitrogens is 1. The van der Waals surface area contributed by atoms with Gasteiger partial charge in [0.05, 0.1) is 37.7 Å². The molecule has 5 aliphatic rings. The number of carbonyl (C=O) groups is 1. The molecular formula is C22H28NO5+. The summed E-state index contributed by atoms with van der Waals surface area (Å²) < 4.78 is 7.02. The molecule has 6 rings (SSSR count). The Balaban J connectivity index is 1.61. The molecule has 0 radical (unpaired) electrons. The maximum atomic E-state index is 12.9. The van der Waals surface area contributed by atoms with E-state index in [0.29, 0.717) is 37.0 Å². The second-order valence-corrected chi connectivity index (χ2v) is 10.1. The van der Waals surface area contributed by atoms with Crippen molar-refractivity contribution in [3.63, 3.8) is 0 Å². The molecule has 0 unspecified atom stereocenters. The van der Waals surface area contributed by atoms with E-state index < -0.39 is 17.1 Å². The van der Waals surface area contributed by atoms with E-state index in [1.54, 1.807) is 6.07 Å². The van der Waals surface area contributed by atoms with Crippen molar-refractivity contribution >= 4 is 5.78 Å². The lowest BCUT2D eigenvalue weighted by Crippen LogP contribution is -2.80. The van der Waals surface area contributed by atoms with Crippen molar-refractivity contribution in [1.82, 2.24) is 0 Å². The molecule has 1 aromatic carbocycles. The van der Waals surface area contributed by atoms with Gasteiger partial charge >= 0.3 is 0 Å². The number of phenols is 1. The molecule has 3 N–H and O–H groups in total. The van der Waals surface area contributed by atoms with Gasteiger partial charge in [0, 0.05) is 30.7 Å². The number of likely N-dealkylation sites (N-methyl/N-ethyl adjacent to an activating group) is 1. The fourth-order valence-corrected chi connectivity index (χ4v) is 7.22. The third kappa shape index (κ3) is 1.78. The number of hydrogen-bond donors (Lipinski definition) is 3. The molecule has 0 aromatic heterocycles. The van der Waals surface area contributed by atoms with Crippen molar-refractivity contribution in [3.8, 4) is 11.5 Å². The van der Waals surface area contributed by atoms with E-state index in [4.69, 9.17) is 4.74 Å². The Labute approximate surface area is 164 Å². The van der Waals surface area contributed by atoms with Crippen molar-refractivity contribution in [2.75, 3.05) is 20.1 Å². The zero-order valence-electron chi connectivity index (χ0n) is 16.3. The smallest absolute Gasteiger partial charge is 0.174 e. The van der Waals surface area contributed by atoms with E-state index in [1.165, 1.54) is 12.8 Å². The lowest BCUT2D eigenvalue weighted by atomic mass is 9.48. The third-order valence-corrected chi connectivity index (χ3v) is 8.65.